The van der Waals surface area contributed by atoms with E-state index in [0.29, 0.717) is 0 Å². The molecule has 0 aliphatic carbocycles. The van der Waals surface area contributed by atoms with Crippen molar-refractivity contribution in [2.24, 2.45) is 0 Å². The molecule has 0 saturated carbocycles. The number of hydrogen-bond acceptors (Lipinski definition) is 3. The number of hydrogen-bond donors (Lipinski definition) is 0. The van der Waals surface area contributed by atoms with Gasteiger partial charge in [-0.15, -0.1) is 0 Å². The lowest BCUT2D eigenvalue weighted by Gasteiger charge is -2.13. The fourth-order valence-electron chi connectivity index (χ4n) is 0.842. The van der Waals surface area contributed by atoms with Gasteiger partial charge in [0.05, 0.1) is 7.11 Å². The summed E-state index contributed by atoms with van der Waals surface area (Å²) in [4.78, 5) is 14.2. The summed E-state index contributed by atoms with van der Waals surface area (Å²) in [6, 6.07) is 2.85. The van der Waals surface area contributed by atoms with Crippen LogP contribution in [0.3, 0.4) is 0 Å². The van der Waals surface area contributed by atoms with Crippen molar-refractivity contribution in [3.8, 4) is 0 Å². The Balaban J connectivity index is 3.16. The average molecular weight is 266 g/mol. The number of aromatic nitrogens is 1. The van der Waals surface area contributed by atoms with Crippen LogP contribution in [0, 0.1) is 0 Å². The number of carbonyl (C=O) groups excluding carboxylic acids is 1. The van der Waals surface area contributed by atoms with Crippen molar-refractivity contribution in [3.63, 3.8) is 0 Å². The summed E-state index contributed by atoms with van der Waals surface area (Å²) >= 11 is 2.88. The minimum Gasteiger partial charge on any atom is -0.464 e. The predicted molar refractivity (Wildman–Crippen MR) is 47.8 cm³/mol. The van der Waals surface area contributed by atoms with Gasteiger partial charge in [0.15, 0.2) is 0 Å². The Hall–Kier alpha value is -1.04. The van der Waals surface area contributed by atoms with Gasteiger partial charge in [-0.3, -0.25) is 4.98 Å². The topological polar surface area (TPSA) is 39.2 Å². The second kappa shape index (κ2) is 4.00. The third-order valence-corrected chi connectivity index (χ3v) is 2.14. The second-order valence-corrected chi connectivity index (χ2v) is 3.25. The fraction of sp³-hybridized carbons (Fsp3) is 0.250. The molecule has 0 bridgehead atoms. The zero-order valence-corrected chi connectivity index (χ0v) is 8.72. The molecule has 0 atom stereocenters. The number of alkyl halides is 2. The summed E-state index contributed by atoms with van der Waals surface area (Å²) in [5.41, 5.74) is -0.646. The zero-order chi connectivity index (χ0) is 10.8. The normalized spacial score (nSPS) is 11.1. The van der Waals surface area contributed by atoms with E-state index in [2.05, 4.69) is 25.7 Å². The smallest absolute Gasteiger partial charge is 0.385 e. The highest BCUT2D eigenvalue weighted by Crippen LogP contribution is 2.32. The van der Waals surface area contributed by atoms with Crippen LogP contribution in [0.2, 0.25) is 0 Å². The maximum Gasteiger partial charge on any atom is 0.385 e. The summed E-state index contributed by atoms with van der Waals surface area (Å²) in [5, 5.41) is 0. The number of carbonyl (C=O) groups is 1. The molecule has 0 radical (unpaired) electrons. The van der Waals surface area contributed by atoms with Gasteiger partial charge in [0.25, 0.3) is 0 Å². The molecule has 1 aromatic heterocycles. The molecule has 3 nitrogen and oxygen atoms in total. The van der Waals surface area contributed by atoms with Crippen LogP contribution in [0.1, 0.15) is 5.69 Å². The van der Waals surface area contributed by atoms with E-state index in [1.165, 1.54) is 18.3 Å². The van der Waals surface area contributed by atoms with Gasteiger partial charge in [0.2, 0.25) is 0 Å². The van der Waals surface area contributed by atoms with Crippen LogP contribution in [-0.4, -0.2) is 18.1 Å². The lowest BCUT2D eigenvalue weighted by atomic mass is 10.2. The van der Waals surface area contributed by atoms with Gasteiger partial charge in [-0.2, -0.15) is 8.78 Å². The Bertz CT molecular complexity index is 357. The van der Waals surface area contributed by atoms with E-state index in [9.17, 15) is 13.6 Å². The number of halogens is 3. The third kappa shape index (κ3) is 1.89. The maximum absolute atomic E-state index is 13.2. The molecule has 1 rings (SSSR count). The van der Waals surface area contributed by atoms with Crippen LogP contribution in [0.15, 0.2) is 22.8 Å². The third-order valence-electron chi connectivity index (χ3n) is 1.50. The number of methoxy groups -OCH3 is 1. The quantitative estimate of drug-likeness (QED) is 0.769. The largest absolute Gasteiger partial charge is 0.464 e. The highest BCUT2D eigenvalue weighted by atomic mass is 79.9. The minimum absolute atomic E-state index is 0.0652. The van der Waals surface area contributed by atoms with Crippen molar-refractivity contribution in [2.45, 2.75) is 5.92 Å². The number of nitrogens with zero attached hydrogens (tertiary/aromatic N) is 1. The lowest BCUT2D eigenvalue weighted by molar-refractivity contribution is -0.171. The number of ether oxygens (including phenoxy) is 1. The molecule has 0 aromatic carbocycles. The lowest BCUT2D eigenvalue weighted by Crippen LogP contribution is -2.28. The maximum atomic E-state index is 13.2. The molecule has 0 spiro atoms. The molecular formula is C8H6BrF2NO2. The van der Waals surface area contributed by atoms with Crippen molar-refractivity contribution >= 4 is 21.9 Å². The Labute approximate surface area is 87.2 Å². The Morgan fingerprint density at radius 2 is 2.29 bits per heavy atom. The molecule has 0 aliphatic rings. The molecule has 14 heavy (non-hydrogen) atoms. The summed E-state index contributed by atoms with van der Waals surface area (Å²) in [7, 11) is 0.896. The van der Waals surface area contributed by atoms with Crippen molar-refractivity contribution < 1.29 is 18.3 Å². The van der Waals surface area contributed by atoms with E-state index in [4.69, 9.17) is 0 Å². The monoisotopic (exact) mass is 265 g/mol. The molecule has 0 unspecified atom stereocenters. The number of esters is 1. The van der Waals surface area contributed by atoms with Crippen LogP contribution in [0.5, 0.6) is 0 Å². The van der Waals surface area contributed by atoms with E-state index in [0.717, 1.165) is 7.11 Å². The predicted octanol–water partition coefficient (Wildman–Crippen LogP) is 2.11. The first-order valence-corrected chi connectivity index (χ1v) is 4.36. The highest BCUT2D eigenvalue weighted by Gasteiger charge is 2.45. The Kier molecular flexibility index (Phi) is 3.15. The molecule has 76 valence electrons. The van der Waals surface area contributed by atoms with Gasteiger partial charge >= 0.3 is 11.9 Å². The molecule has 0 fully saturated rings. The van der Waals surface area contributed by atoms with Crippen LogP contribution in [0.25, 0.3) is 0 Å². The van der Waals surface area contributed by atoms with Gasteiger partial charge in [0, 0.05) is 10.7 Å². The number of pyridine rings is 1. The highest BCUT2D eigenvalue weighted by molar-refractivity contribution is 9.10. The van der Waals surface area contributed by atoms with E-state index < -0.39 is 17.6 Å². The van der Waals surface area contributed by atoms with Crippen LogP contribution in [-0.2, 0) is 15.5 Å². The van der Waals surface area contributed by atoms with Crippen molar-refractivity contribution in [2.75, 3.05) is 7.11 Å². The van der Waals surface area contributed by atoms with E-state index in [-0.39, 0.29) is 4.47 Å². The summed E-state index contributed by atoms with van der Waals surface area (Å²) in [6.07, 6.45) is 1.18. The average Bonchev–Trinajstić information content (AvgIpc) is 2.17. The van der Waals surface area contributed by atoms with Gasteiger partial charge in [-0.25, -0.2) is 4.79 Å². The molecule has 0 N–H and O–H groups in total. The van der Waals surface area contributed by atoms with Crippen molar-refractivity contribution in [1.29, 1.82) is 0 Å². The Morgan fingerprint density at radius 3 is 2.79 bits per heavy atom. The zero-order valence-electron chi connectivity index (χ0n) is 7.13. The molecule has 0 aliphatic heterocycles. The molecule has 6 heteroatoms. The first-order chi connectivity index (χ1) is 6.50. The summed E-state index contributed by atoms with van der Waals surface area (Å²) in [6.45, 7) is 0. The second-order valence-electron chi connectivity index (χ2n) is 2.40. The molecule has 1 aromatic rings. The van der Waals surface area contributed by atoms with Crippen LogP contribution in [0.4, 0.5) is 8.78 Å². The van der Waals surface area contributed by atoms with E-state index in [1.54, 1.807) is 0 Å². The van der Waals surface area contributed by atoms with Crippen molar-refractivity contribution in [1.82, 2.24) is 4.98 Å². The van der Waals surface area contributed by atoms with Gasteiger partial charge in [0.1, 0.15) is 5.69 Å². The molecule has 0 saturated heterocycles. The molecular weight excluding hydrogens is 260 g/mol. The first kappa shape index (κ1) is 11.0. The molecule has 0 amide bonds. The fourth-order valence-corrected chi connectivity index (χ4v) is 1.35. The van der Waals surface area contributed by atoms with E-state index >= 15 is 0 Å². The Morgan fingerprint density at radius 1 is 1.64 bits per heavy atom. The van der Waals surface area contributed by atoms with Gasteiger partial charge in [-0.05, 0) is 28.1 Å². The standard InChI is InChI=1S/C8H6BrF2NO2/c1-14-7(13)8(10,11)6-5(9)3-2-4-12-6/h2-4H,1H3. The minimum atomic E-state index is -3.73. The molecule has 1 heterocycles. The summed E-state index contributed by atoms with van der Waals surface area (Å²) < 4.78 is 30.5. The van der Waals surface area contributed by atoms with E-state index in [1.807, 2.05) is 0 Å². The first-order valence-electron chi connectivity index (χ1n) is 3.57. The van der Waals surface area contributed by atoms with Crippen LogP contribution < -0.4 is 0 Å². The van der Waals surface area contributed by atoms with Gasteiger partial charge in [-0.1, -0.05) is 0 Å². The van der Waals surface area contributed by atoms with Crippen LogP contribution >= 0.6 is 15.9 Å². The number of rotatable bonds is 2. The van der Waals surface area contributed by atoms with Gasteiger partial charge < -0.3 is 4.74 Å². The summed E-state index contributed by atoms with van der Waals surface area (Å²) in [5.74, 6) is -5.36. The van der Waals surface area contributed by atoms with Crippen molar-refractivity contribution in [3.05, 3.63) is 28.5 Å². The SMILES string of the molecule is COC(=O)C(F)(F)c1ncccc1Br.